The Bertz CT molecular complexity index is 762. The van der Waals surface area contributed by atoms with Crippen LogP contribution in [0.4, 0.5) is 11.4 Å². The van der Waals surface area contributed by atoms with Gasteiger partial charge in [0, 0.05) is 11.1 Å². The third kappa shape index (κ3) is 2.31. The van der Waals surface area contributed by atoms with Crippen LogP contribution in [0.3, 0.4) is 0 Å². The molecule has 1 aromatic heterocycles. The average Bonchev–Trinajstić information content (AvgIpc) is 2.48. The Morgan fingerprint density at radius 3 is 2.55 bits per heavy atom. The lowest BCUT2D eigenvalue weighted by molar-refractivity contribution is 0.0690. The number of aromatic nitrogens is 1. The molecule has 0 aliphatic carbocycles. The van der Waals surface area contributed by atoms with Crippen molar-refractivity contribution in [2.24, 2.45) is 0 Å². The lowest BCUT2D eigenvalue weighted by Gasteiger charge is -2.09. The van der Waals surface area contributed by atoms with Crippen molar-refractivity contribution in [1.29, 1.82) is 0 Å². The van der Waals surface area contributed by atoms with Crippen LogP contribution in [-0.2, 0) is 0 Å². The van der Waals surface area contributed by atoms with Crippen molar-refractivity contribution in [2.45, 2.75) is 0 Å². The average molecular weight is 264 g/mol. The summed E-state index contributed by atoms with van der Waals surface area (Å²) in [5, 5.41) is 14.3. The van der Waals surface area contributed by atoms with Gasteiger partial charge < -0.3 is 10.4 Å². The van der Waals surface area contributed by atoms with E-state index < -0.39 is 5.97 Å². The van der Waals surface area contributed by atoms with E-state index in [4.69, 9.17) is 5.11 Å². The summed E-state index contributed by atoms with van der Waals surface area (Å²) in [4.78, 5) is 14.7. The second kappa shape index (κ2) is 5.01. The molecule has 0 fully saturated rings. The van der Waals surface area contributed by atoms with E-state index >= 15 is 0 Å². The molecule has 0 aliphatic rings. The number of hydrogen-bond acceptors (Lipinski definition) is 3. The highest BCUT2D eigenvalue weighted by Crippen LogP contribution is 2.25. The van der Waals surface area contributed by atoms with Crippen molar-refractivity contribution < 1.29 is 9.90 Å². The summed E-state index contributed by atoms with van der Waals surface area (Å²) in [7, 11) is 0. The molecule has 0 bridgehead atoms. The minimum Gasteiger partial charge on any atom is -0.477 e. The van der Waals surface area contributed by atoms with Gasteiger partial charge in [0.1, 0.15) is 5.69 Å². The first-order valence-electron chi connectivity index (χ1n) is 6.18. The van der Waals surface area contributed by atoms with E-state index in [1.165, 1.54) is 12.3 Å². The number of pyridine rings is 1. The van der Waals surface area contributed by atoms with Crippen LogP contribution in [0.5, 0.6) is 0 Å². The smallest absolute Gasteiger partial charge is 0.354 e. The number of hydrogen-bond donors (Lipinski definition) is 2. The molecule has 4 nitrogen and oxygen atoms in total. The molecule has 1 heterocycles. The fourth-order valence-electron chi connectivity index (χ4n) is 2.08. The summed E-state index contributed by atoms with van der Waals surface area (Å²) < 4.78 is 0. The zero-order valence-electron chi connectivity index (χ0n) is 10.6. The van der Waals surface area contributed by atoms with Crippen molar-refractivity contribution in [3.05, 3.63) is 66.5 Å². The maximum absolute atomic E-state index is 10.8. The van der Waals surface area contributed by atoms with Gasteiger partial charge >= 0.3 is 5.97 Å². The highest BCUT2D eigenvalue weighted by atomic mass is 16.4. The van der Waals surface area contributed by atoms with Crippen LogP contribution in [0.15, 0.2) is 60.8 Å². The number of nitrogens with one attached hydrogen (secondary N) is 1. The molecule has 0 atom stereocenters. The molecule has 3 aromatic rings. The highest BCUT2D eigenvalue weighted by Gasteiger charge is 2.04. The minimum atomic E-state index is -1.03. The molecule has 4 heteroatoms. The second-order valence-corrected chi connectivity index (χ2v) is 4.39. The molecule has 0 saturated carbocycles. The maximum Gasteiger partial charge on any atom is 0.354 e. The van der Waals surface area contributed by atoms with Crippen molar-refractivity contribution in [3.8, 4) is 0 Å². The molecule has 20 heavy (non-hydrogen) atoms. The number of anilines is 2. The van der Waals surface area contributed by atoms with Gasteiger partial charge in [-0.2, -0.15) is 0 Å². The Balaban J connectivity index is 1.95. The fourth-order valence-corrected chi connectivity index (χ4v) is 2.08. The van der Waals surface area contributed by atoms with E-state index in [0.717, 1.165) is 22.1 Å². The van der Waals surface area contributed by atoms with Crippen LogP contribution in [0, 0.1) is 0 Å². The van der Waals surface area contributed by atoms with Gasteiger partial charge in [0.25, 0.3) is 0 Å². The van der Waals surface area contributed by atoms with Gasteiger partial charge in [-0.15, -0.1) is 0 Å². The molecule has 0 radical (unpaired) electrons. The summed E-state index contributed by atoms with van der Waals surface area (Å²) >= 11 is 0. The standard InChI is InChI=1S/C16H12N2O2/c19-16(20)15-9-8-12(10-17-15)18-14-7-3-5-11-4-1-2-6-13(11)14/h1-10,18H,(H,19,20). The predicted octanol–water partition coefficient (Wildman–Crippen LogP) is 3.68. The first-order chi connectivity index (χ1) is 9.74. The number of carboxylic acids is 1. The van der Waals surface area contributed by atoms with Crippen LogP contribution in [-0.4, -0.2) is 16.1 Å². The first kappa shape index (κ1) is 12.2. The number of carboxylic acid groups (broad SMARTS) is 1. The zero-order valence-corrected chi connectivity index (χ0v) is 10.6. The lowest BCUT2D eigenvalue weighted by atomic mass is 10.1. The molecule has 2 aromatic carbocycles. The number of fused-ring (bicyclic) bond motifs is 1. The van der Waals surface area contributed by atoms with Gasteiger partial charge in [-0.25, -0.2) is 9.78 Å². The molecule has 0 spiro atoms. The van der Waals surface area contributed by atoms with Crippen LogP contribution in [0.1, 0.15) is 10.5 Å². The van der Waals surface area contributed by atoms with E-state index in [2.05, 4.69) is 10.3 Å². The van der Waals surface area contributed by atoms with Crippen LogP contribution >= 0.6 is 0 Å². The maximum atomic E-state index is 10.8. The third-order valence-corrected chi connectivity index (χ3v) is 3.05. The van der Waals surface area contributed by atoms with Crippen molar-refractivity contribution in [1.82, 2.24) is 4.98 Å². The van der Waals surface area contributed by atoms with E-state index in [9.17, 15) is 4.79 Å². The number of benzene rings is 2. The number of carbonyl (C=O) groups is 1. The SMILES string of the molecule is O=C(O)c1ccc(Nc2cccc3ccccc23)cn1. The van der Waals surface area contributed by atoms with Crippen LogP contribution < -0.4 is 5.32 Å². The van der Waals surface area contributed by atoms with Crippen molar-refractivity contribution >= 4 is 28.1 Å². The fraction of sp³-hybridized carbons (Fsp3) is 0. The van der Waals surface area contributed by atoms with Crippen molar-refractivity contribution in [2.75, 3.05) is 5.32 Å². The molecular weight excluding hydrogens is 252 g/mol. The van der Waals surface area contributed by atoms with Gasteiger partial charge in [-0.05, 0) is 23.6 Å². The molecule has 3 rings (SSSR count). The van der Waals surface area contributed by atoms with Gasteiger partial charge in [-0.1, -0.05) is 36.4 Å². The molecule has 2 N–H and O–H groups in total. The van der Waals surface area contributed by atoms with E-state index in [0.29, 0.717) is 0 Å². The molecular formula is C16H12N2O2. The van der Waals surface area contributed by atoms with E-state index in [1.54, 1.807) is 6.07 Å². The first-order valence-corrected chi connectivity index (χ1v) is 6.18. The van der Waals surface area contributed by atoms with Gasteiger partial charge in [0.15, 0.2) is 0 Å². The summed E-state index contributed by atoms with van der Waals surface area (Å²) in [5.74, 6) is -1.03. The molecule has 0 aliphatic heterocycles. The van der Waals surface area contributed by atoms with Gasteiger partial charge in [-0.3, -0.25) is 0 Å². The minimum absolute atomic E-state index is 0.0356. The summed E-state index contributed by atoms with van der Waals surface area (Å²) in [6.07, 6.45) is 1.52. The van der Waals surface area contributed by atoms with Gasteiger partial charge in [0.05, 0.1) is 11.9 Å². The molecule has 0 saturated heterocycles. The Morgan fingerprint density at radius 2 is 1.80 bits per heavy atom. The van der Waals surface area contributed by atoms with E-state index in [-0.39, 0.29) is 5.69 Å². The Morgan fingerprint density at radius 1 is 1.00 bits per heavy atom. The normalized spacial score (nSPS) is 10.4. The Labute approximate surface area is 115 Å². The lowest BCUT2D eigenvalue weighted by Crippen LogP contribution is -2.00. The molecule has 0 amide bonds. The van der Waals surface area contributed by atoms with Gasteiger partial charge in [0.2, 0.25) is 0 Å². The third-order valence-electron chi connectivity index (χ3n) is 3.05. The summed E-state index contributed by atoms with van der Waals surface area (Å²) in [5.41, 5.74) is 1.76. The topological polar surface area (TPSA) is 62.2 Å². The zero-order chi connectivity index (χ0) is 13.9. The predicted molar refractivity (Wildman–Crippen MR) is 78.4 cm³/mol. The summed E-state index contributed by atoms with van der Waals surface area (Å²) in [6.45, 7) is 0. The largest absolute Gasteiger partial charge is 0.477 e. The number of aromatic carboxylic acids is 1. The molecule has 0 unspecified atom stereocenters. The Kier molecular flexibility index (Phi) is 3.05. The van der Waals surface area contributed by atoms with E-state index in [1.807, 2.05) is 42.5 Å². The quantitative estimate of drug-likeness (QED) is 0.757. The number of nitrogens with zero attached hydrogens (tertiary/aromatic N) is 1. The number of rotatable bonds is 3. The van der Waals surface area contributed by atoms with Crippen molar-refractivity contribution in [3.63, 3.8) is 0 Å². The van der Waals surface area contributed by atoms with Crippen LogP contribution in [0.2, 0.25) is 0 Å². The monoisotopic (exact) mass is 264 g/mol. The van der Waals surface area contributed by atoms with Crippen LogP contribution in [0.25, 0.3) is 10.8 Å². The summed E-state index contributed by atoms with van der Waals surface area (Å²) in [6, 6.07) is 17.3. The molecule has 98 valence electrons. The highest BCUT2D eigenvalue weighted by molar-refractivity contribution is 5.95. The second-order valence-electron chi connectivity index (χ2n) is 4.39. The Hall–Kier alpha value is -2.88.